The molecule has 7 heteroatoms. The molecule has 2 heterocycles. The van der Waals surface area contributed by atoms with Gasteiger partial charge in [-0.1, -0.05) is 22.6 Å². The number of ether oxygens (including phenoxy) is 1. The molecule has 0 amide bonds. The lowest BCUT2D eigenvalue weighted by molar-refractivity contribution is 0.0217. The van der Waals surface area contributed by atoms with E-state index in [0.29, 0.717) is 16.1 Å². The van der Waals surface area contributed by atoms with Crippen LogP contribution in [0.3, 0.4) is 0 Å². The summed E-state index contributed by atoms with van der Waals surface area (Å²) in [4.78, 5) is 7.74. The molecule has 0 spiro atoms. The highest BCUT2D eigenvalue weighted by Gasteiger charge is 2.31. The van der Waals surface area contributed by atoms with Gasteiger partial charge in [-0.15, -0.1) is 0 Å². The lowest BCUT2D eigenvalue weighted by Crippen LogP contribution is -2.16. The van der Waals surface area contributed by atoms with E-state index in [1.165, 1.54) is 18.3 Å². The highest BCUT2D eigenvalue weighted by atomic mass is 127. The molecule has 0 radical (unpaired) electrons. The van der Waals surface area contributed by atoms with E-state index in [2.05, 4.69) is 25.9 Å². The van der Waals surface area contributed by atoms with Crippen molar-refractivity contribution in [1.29, 1.82) is 0 Å². The Hall–Kier alpha value is -0.830. The molecular weight excluding hydrogens is 433 g/mol. The smallest absolute Gasteiger partial charge is 0.298 e. The molecule has 2 rings (SSSR count). The number of alkyl halides is 3. The molecule has 0 aromatic carbocycles. The molecule has 0 unspecified atom stereocenters. The van der Waals surface area contributed by atoms with Crippen molar-refractivity contribution < 1.29 is 13.5 Å². The topological polar surface area (TPSA) is 35.0 Å². The van der Waals surface area contributed by atoms with Gasteiger partial charge in [-0.25, -0.2) is 4.98 Å². The predicted octanol–water partition coefficient (Wildman–Crippen LogP) is 4.56. The van der Waals surface area contributed by atoms with Gasteiger partial charge in [-0.3, -0.25) is 4.98 Å². The minimum atomic E-state index is -2.93. The van der Waals surface area contributed by atoms with Crippen LogP contribution in [-0.4, -0.2) is 14.4 Å². The SMILES string of the molecule is FC(F)(CI)c1ccc(Oc2ncccc2Br)cn1. The molecule has 0 saturated heterocycles. The number of rotatable bonds is 4. The fourth-order valence-electron chi connectivity index (χ4n) is 1.28. The minimum Gasteiger partial charge on any atom is -0.436 e. The molecular formula is C12H8BrF2IN2O. The largest absolute Gasteiger partial charge is 0.436 e. The standard InChI is InChI=1S/C12H8BrF2IN2O/c13-9-2-1-5-17-11(9)19-8-3-4-10(18-6-8)12(14,15)7-16/h1-6H,7H2. The van der Waals surface area contributed by atoms with Crippen LogP contribution in [0, 0.1) is 0 Å². The van der Waals surface area contributed by atoms with Crippen molar-refractivity contribution >= 4 is 38.5 Å². The van der Waals surface area contributed by atoms with Crippen molar-refractivity contribution in [2.24, 2.45) is 0 Å². The van der Waals surface area contributed by atoms with Crippen LogP contribution < -0.4 is 4.74 Å². The summed E-state index contributed by atoms with van der Waals surface area (Å²) in [6.45, 7) is 0. The third-order valence-electron chi connectivity index (χ3n) is 2.22. The number of pyridine rings is 2. The number of hydrogen-bond donors (Lipinski definition) is 0. The Morgan fingerprint density at radius 3 is 2.63 bits per heavy atom. The second-order valence-corrected chi connectivity index (χ2v) is 5.23. The molecule has 0 fully saturated rings. The zero-order valence-corrected chi connectivity index (χ0v) is 13.2. The zero-order chi connectivity index (χ0) is 13.9. The first-order valence-corrected chi connectivity index (χ1v) is 7.53. The molecule has 0 aliphatic carbocycles. The molecule has 0 bridgehead atoms. The molecule has 2 aromatic heterocycles. The van der Waals surface area contributed by atoms with E-state index >= 15 is 0 Å². The summed E-state index contributed by atoms with van der Waals surface area (Å²) in [5, 5.41) is 0. The Bertz CT molecular complexity index is 566. The van der Waals surface area contributed by atoms with Gasteiger partial charge in [-0.2, -0.15) is 8.78 Å². The van der Waals surface area contributed by atoms with Crippen molar-refractivity contribution in [2.45, 2.75) is 5.92 Å². The van der Waals surface area contributed by atoms with Gasteiger partial charge >= 0.3 is 0 Å². The molecule has 0 saturated carbocycles. The molecule has 0 aliphatic heterocycles. The van der Waals surface area contributed by atoms with Gasteiger partial charge in [-0.05, 0) is 40.2 Å². The Labute approximate surface area is 130 Å². The second kappa shape index (κ2) is 6.08. The molecule has 3 nitrogen and oxygen atoms in total. The van der Waals surface area contributed by atoms with E-state index < -0.39 is 5.92 Å². The summed E-state index contributed by atoms with van der Waals surface area (Å²) in [7, 11) is 0. The fraction of sp³-hybridized carbons (Fsp3) is 0.167. The van der Waals surface area contributed by atoms with E-state index in [4.69, 9.17) is 4.74 Å². The quantitative estimate of drug-likeness (QED) is 0.516. The lowest BCUT2D eigenvalue weighted by atomic mass is 10.2. The molecule has 19 heavy (non-hydrogen) atoms. The van der Waals surface area contributed by atoms with Crippen molar-refractivity contribution in [3.8, 4) is 11.6 Å². The maximum absolute atomic E-state index is 13.4. The van der Waals surface area contributed by atoms with E-state index in [1.54, 1.807) is 40.9 Å². The summed E-state index contributed by atoms with van der Waals surface area (Å²) >= 11 is 4.91. The molecule has 100 valence electrons. The maximum Gasteiger partial charge on any atom is 0.298 e. The summed E-state index contributed by atoms with van der Waals surface area (Å²) in [6, 6.07) is 6.22. The van der Waals surface area contributed by atoms with Crippen LogP contribution in [0.1, 0.15) is 5.69 Å². The van der Waals surface area contributed by atoms with Gasteiger partial charge in [0.15, 0.2) is 0 Å². The minimum absolute atomic E-state index is 0.269. The number of hydrogen-bond acceptors (Lipinski definition) is 3. The average molecular weight is 441 g/mol. The summed E-state index contributed by atoms with van der Waals surface area (Å²) in [5.74, 6) is -2.21. The molecule has 2 aromatic rings. The second-order valence-electron chi connectivity index (χ2n) is 3.61. The van der Waals surface area contributed by atoms with Crippen molar-refractivity contribution in [2.75, 3.05) is 4.43 Å². The van der Waals surface area contributed by atoms with Gasteiger partial charge in [0.25, 0.3) is 5.92 Å². The van der Waals surface area contributed by atoms with Crippen LogP contribution in [0.25, 0.3) is 0 Å². The molecule has 0 N–H and O–H groups in total. The molecule has 0 atom stereocenters. The van der Waals surface area contributed by atoms with Crippen LogP contribution in [0.4, 0.5) is 8.78 Å². The highest BCUT2D eigenvalue weighted by molar-refractivity contribution is 14.1. The van der Waals surface area contributed by atoms with Crippen molar-refractivity contribution in [3.63, 3.8) is 0 Å². The Kier molecular flexibility index (Phi) is 4.67. The fourth-order valence-corrected chi connectivity index (χ4v) is 2.01. The van der Waals surface area contributed by atoms with Gasteiger partial charge in [0.1, 0.15) is 11.4 Å². The normalized spacial score (nSPS) is 11.4. The van der Waals surface area contributed by atoms with Crippen LogP contribution in [0.15, 0.2) is 41.1 Å². The van der Waals surface area contributed by atoms with Crippen molar-refractivity contribution in [1.82, 2.24) is 9.97 Å². The molecule has 0 aliphatic rings. The zero-order valence-electron chi connectivity index (χ0n) is 9.49. The average Bonchev–Trinajstić information content (AvgIpc) is 2.42. The Morgan fingerprint density at radius 2 is 2.05 bits per heavy atom. The van der Waals surface area contributed by atoms with Crippen LogP contribution in [0.5, 0.6) is 11.6 Å². The first-order chi connectivity index (χ1) is 9.03. The highest BCUT2D eigenvalue weighted by Crippen LogP contribution is 2.31. The van der Waals surface area contributed by atoms with E-state index in [9.17, 15) is 8.78 Å². The van der Waals surface area contributed by atoms with Gasteiger partial charge in [0.05, 0.1) is 15.1 Å². The van der Waals surface area contributed by atoms with Crippen LogP contribution >= 0.6 is 38.5 Å². The third-order valence-corrected chi connectivity index (χ3v) is 3.78. The Morgan fingerprint density at radius 1 is 1.26 bits per heavy atom. The van der Waals surface area contributed by atoms with Crippen LogP contribution in [-0.2, 0) is 5.92 Å². The summed E-state index contributed by atoms with van der Waals surface area (Å²) < 4.78 is 32.6. The van der Waals surface area contributed by atoms with Crippen molar-refractivity contribution in [3.05, 3.63) is 46.8 Å². The van der Waals surface area contributed by atoms with Crippen LogP contribution in [0.2, 0.25) is 0 Å². The van der Waals surface area contributed by atoms with Gasteiger partial charge in [0, 0.05) is 6.20 Å². The summed E-state index contributed by atoms with van der Waals surface area (Å²) in [5.41, 5.74) is -0.269. The predicted molar refractivity (Wildman–Crippen MR) is 79.0 cm³/mol. The summed E-state index contributed by atoms with van der Waals surface area (Å²) in [6.07, 6.45) is 2.84. The van der Waals surface area contributed by atoms with Gasteiger partial charge in [0.2, 0.25) is 5.88 Å². The monoisotopic (exact) mass is 440 g/mol. The van der Waals surface area contributed by atoms with E-state index in [0.717, 1.165) is 0 Å². The lowest BCUT2D eigenvalue weighted by Gasteiger charge is -2.12. The number of aromatic nitrogens is 2. The maximum atomic E-state index is 13.4. The van der Waals surface area contributed by atoms with E-state index in [-0.39, 0.29) is 10.1 Å². The third kappa shape index (κ3) is 3.59. The first-order valence-electron chi connectivity index (χ1n) is 5.21. The van der Waals surface area contributed by atoms with E-state index in [1.807, 2.05) is 0 Å². The number of halogens is 4. The van der Waals surface area contributed by atoms with Gasteiger partial charge < -0.3 is 4.74 Å². The Balaban J connectivity index is 2.18. The first kappa shape index (κ1) is 14.6. The number of nitrogens with zero attached hydrogens (tertiary/aromatic N) is 2.